The molecule has 0 bridgehead atoms. The largest absolute Gasteiger partial charge is 0.480 e. The Hall–Kier alpha value is -1.32. The van der Waals surface area contributed by atoms with Gasteiger partial charge in [0.05, 0.1) is 7.11 Å². The molecular formula is C6H8N2O2. The minimum atomic E-state index is -0.210. The van der Waals surface area contributed by atoms with Gasteiger partial charge in [0.15, 0.2) is 0 Å². The van der Waals surface area contributed by atoms with E-state index in [-0.39, 0.29) is 5.56 Å². The van der Waals surface area contributed by atoms with E-state index in [0.29, 0.717) is 5.88 Å². The minimum Gasteiger partial charge on any atom is -0.480 e. The molecule has 0 aliphatic heterocycles. The molecule has 0 radical (unpaired) electrons. The summed E-state index contributed by atoms with van der Waals surface area (Å²) in [6.45, 7) is 1.76. The van der Waals surface area contributed by atoms with Crippen molar-refractivity contribution in [2.24, 2.45) is 0 Å². The Balaban J connectivity index is 3.19. The van der Waals surface area contributed by atoms with Gasteiger partial charge in [0.1, 0.15) is 0 Å². The number of nitrogens with one attached hydrogen (secondary N) is 1. The van der Waals surface area contributed by atoms with E-state index in [2.05, 4.69) is 10.2 Å². The van der Waals surface area contributed by atoms with Crippen LogP contribution in [0.4, 0.5) is 0 Å². The lowest BCUT2D eigenvalue weighted by Crippen LogP contribution is -2.08. The third kappa shape index (κ3) is 1.15. The van der Waals surface area contributed by atoms with Crippen molar-refractivity contribution in [3.63, 3.8) is 0 Å². The number of hydrogen-bond donors (Lipinski definition) is 1. The quantitative estimate of drug-likeness (QED) is 0.601. The van der Waals surface area contributed by atoms with E-state index in [1.807, 2.05) is 0 Å². The maximum Gasteiger partial charge on any atom is 0.264 e. The number of aromatic amines is 1. The fourth-order valence-corrected chi connectivity index (χ4v) is 0.691. The summed E-state index contributed by atoms with van der Waals surface area (Å²) in [4.78, 5) is 10.6. The number of methoxy groups -OCH3 is 1. The maximum absolute atomic E-state index is 10.6. The monoisotopic (exact) mass is 140 g/mol. The van der Waals surface area contributed by atoms with E-state index < -0.39 is 0 Å². The fraction of sp³-hybridized carbons (Fsp3) is 0.333. The van der Waals surface area contributed by atoms with Crippen LogP contribution in [0, 0.1) is 6.92 Å². The zero-order chi connectivity index (χ0) is 7.56. The number of hydrogen-bond acceptors (Lipinski definition) is 3. The van der Waals surface area contributed by atoms with Crippen molar-refractivity contribution in [1.82, 2.24) is 10.2 Å². The second-order valence-corrected chi connectivity index (χ2v) is 1.92. The molecule has 4 nitrogen and oxygen atoms in total. The van der Waals surface area contributed by atoms with Crippen molar-refractivity contribution >= 4 is 0 Å². The summed E-state index contributed by atoms with van der Waals surface area (Å²) in [5, 5.41) is 5.90. The number of nitrogens with zero attached hydrogens (tertiary/aromatic N) is 1. The van der Waals surface area contributed by atoms with Gasteiger partial charge in [-0.3, -0.25) is 4.79 Å². The highest BCUT2D eigenvalue weighted by molar-refractivity contribution is 5.20. The molecule has 10 heavy (non-hydrogen) atoms. The first-order valence-corrected chi connectivity index (χ1v) is 2.84. The van der Waals surface area contributed by atoms with Crippen LogP contribution in [0.3, 0.4) is 0 Å². The van der Waals surface area contributed by atoms with Crippen LogP contribution in [0.1, 0.15) is 5.56 Å². The summed E-state index contributed by atoms with van der Waals surface area (Å²) in [5.41, 5.74) is 0.532. The Morgan fingerprint density at radius 1 is 1.70 bits per heavy atom. The van der Waals surface area contributed by atoms with Crippen molar-refractivity contribution in [3.05, 3.63) is 22.0 Å². The van der Waals surface area contributed by atoms with E-state index >= 15 is 0 Å². The van der Waals surface area contributed by atoms with Gasteiger partial charge < -0.3 is 4.74 Å². The summed E-state index contributed by atoms with van der Waals surface area (Å²) in [6, 6.07) is 1.44. The Morgan fingerprint density at radius 2 is 2.40 bits per heavy atom. The van der Waals surface area contributed by atoms with Gasteiger partial charge in [-0.05, 0) is 6.92 Å². The van der Waals surface area contributed by atoms with E-state index in [4.69, 9.17) is 4.74 Å². The molecule has 0 aliphatic rings. The number of rotatable bonds is 1. The van der Waals surface area contributed by atoms with Gasteiger partial charge >= 0.3 is 0 Å². The van der Waals surface area contributed by atoms with Crippen molar-refractivity contribution in [1.29, 1.82) is 0 Å². The summed E-state index contributed by atoms with van der Waals surface area (Å²) < 4.78 is 4.82. The van der Waals surface area contributed by atoms with Gasteiger partial charge in [-0.15, -0.1) is 5.10 Å². The standard InChI is InChI=1S/C6H8N2O2/c1-4-3-5(9)7-8-6(4)10-2/h3H,1-2H3,(H,7,9). The van der Waals surface area contributed by atoms with Crippen LogP contribution in [-0.4, -0.2) is 17.3 Å². The smallest absolute Gasteiger partial charge is 0.264 e. The lowest BCUT2D eigenvalue weighted by Gasteiger charge is -1.98. The summed E-state index contributed by atoms with van der Waals surface area (Å²) in [7, 11) is 1.51. The molecule has 1 N–H and O–H groups in total. The topological polar surface area (TPSA) is 55.0 Å². The molecule has 0 fully saturated rings. The van der Waals surface area contributed by atoms with Gasteiger partial charge in [0, 0.05) is 11.6 Å². The fourth-order valence-electron chi connectivity index (χ4n) is 0.691. The highest BCUT2D eigenvalue weighted by atomic mass is 16.5. The zero-order valence-electron chi connectivity index (χ0n) is 5.84. The summed E-state index contributed by atoms with van der Waals surface area (Å²) in [6.07, 6.45) is 0. The number of aromatic nitrogens is 2. The Bertz CT molecular complexity index is 279. The third-order valence-corrected chi connectivity index (χ3v) is 1.15. The summed E-state index contributed by atoms with van der Waals surface area (Å²) in [5.74, 6) is 0.458. The van der Waals surface area contributed by atoms with E-state index in [9.17, 15) is 4.79 Å². The van der Waals surface area contributed by atoms with Gasteiger partial charge in [0.25, 0.3) is 5.56 Å². The van der Waals surface area contributed by atoms with Gasteiger partial charge in [0.2, 0.25) is 5.88 Å². The molecule has 0 saturated carbocycles. The molecule has 4 heteroatoms. The average Bonchev–Trinajstić information content (AvgIpc) is 1.88. The highest BCUT2D eigenvalue weighted by Crippen LogP contribution is 2.06. The molecule has 0 saturated heterocycles. The van der Waals surface area contributed by atoms with Crippen LogP contribution < -0.4 is 10.3 Å². The van der Waals surface area contributed by atoms with Gasteiger partial charge in [-0.2, -0.15) is 0 Å². The maximum atomic E-state index is 10.6. The SMILES string of the molecule is COc1n[nH]c(=O)cc1C. The Kier molecular flexibility index (Phi) is 1.71. The molecule has 1 rings (SSSR count). The first-order valence-electron chi connectivity index (χ1n) is 2.84. The Morgan fingerprint density at radius 3 is 2.90 bits per heavy atom. The predicted molar refractivity (Wildman–Crippen MR) is 36.1 cm³/mol. The molecule has 0 unspecified atom stereocenters. The van der Waals surface area contributed by atoms with Crippen molar-refractivity contribution in [2.75, 3.05) is 7.11 Å². The predicted octanol–water partition coefficient (Wildman–Crippen LogP) is 0.0869. The van der Waals surface area contributed by atoms with Crippen LogP contribution >= 0.6 is 0 Å². The van der Waals surface area contributed by atoms with Crippen molar-refractivity contribution in [3.8, 4) is 5.88 Å². The van der Waals surface area contributed by atoms with Crippen molar-refractivity contribution in [2.45, 2.75) is 6.92 Å². The van der Waals surface area contributed by atoms with Gasteiger partial charge in [-0.1, -0.05) is 0 Å². The second-order valence-electron chi connectivity index (χ2n) is 1.92. The molecule has 1 aromatic rings. The van der Waals surface area contributed by atoms with Crippen LogP contribution in [0.25, 0.3) is 0 Å². The lowest BCUT2D eigenvalue weighted by atomic mass is 10.3. The molecule has 54 valence electrons. The first kappa shape index (κ1) is 6.80. The van der Waals surface area contributed by atoms with E-state index in [1.165, 1.54) is 13.2 Å². The molecule has 0 spiro atoms. The molecular weight excluding hydrogens is 132 g/mol. The minimum absolute atomic E-state index is 0.210. The molecule has 1 aromatic heterocycles. The molecule has 1 heterocycles. The highest BCUT2D eigenvalue weighted by Gasteiger charge is 1.97. The number of H-pyrrole nitrogens is 1. The van der Waals surface area contributed by atoms with Crippen LogP contribution in [0.5, 0.6) is 5.88 Å². The van der Waals surface area contributed by atoms with Crippen LogP contribution in [0.15, 0.2) is 10.9 Å². The van der Waals surface area contributed by atoms with E-state index in [0.717, 1.165) is 5.56 Å². The molecule has 0 aliphatic carbocycles. The second kappa shape index (κ2) is 2.51. The van der Waals surface area contributed by atoms with Crippen LogP contribution in [-0.2, 0) is 0 Å². The number of ether oxygens (including phenoxy) is 1. The summed E-state index contributed by atoms with van der Waals surface area (Å²) >= 11 is 0. The molecule has 0 atom stereocenters. The van der Waals surface area contributed by atoms with Crippen molar-refractivity contribution < 1.29 is 4.74 Å². The third-order valence-electron chi connectivity index (χ3n) is 1.15. The molecule has 0 amide bonds. The lowest BCUT2D eigenvalue weighted by molar-refractivity contribution is 0.388. The first-order chi connectivity index (χ1) is 4.74. The van der Waals surface area contributed by atoms with Crippen LogP contribution in [0.2, 0.25) is 0 Å². The number of aryl methyl sites for hydroxylation is 1. The normalized spacial score (nSPS) is 9.40. The van der Waals surface area contributed by atoms with E-state index in [1.54, 1.807) is 6.92 Å². The average molecular weight is 140 g/mol. The molecule has 0 aromatic carbocycles. The van der Waals surface area contributed by atoms with Gasteiger partial charge in [-0.25, -0.2) is 5.10 Å². The Labute approximate surface area is 57.8 Å². The zero-order valence-corrected chi connectivity index (χ0v) is 5.84.